The minimum absolute atomic E-state index is 0.0394. The number of aryl methyl sites for hydroxylation is 1. The predicted molar refractivity (Wildman–Crippen MR) is 76.6 cm³/mol. The Morgan fingerprint density at radius 2 is 2.41 bits per heavy atom. The predicted octanol–water partition coefficient (Wildman–Crippen LogP) is 3.24. The normalized spacial score (nSPS) is 19.3. The Morgan fingerprint density at radius 1 is 1.59 bits per heavy atom. The van der Waals surface area contributed by atoms with Crippen LogP contribution in [0.3, 0.4) is 0 Å². The molecule has 2 rings (SSSR count). The summed E-state index contributed by atoms with van der Waals surface area (Å²) in [5.41, 5.74) is 1.84. The average Bonchev–Trinajstić information content (AvgIpc) is 2.82. The summed E-state index contributed by atoms with van der Waals surface area (Å²) in [7, 11) is 0. The number of rotatable bonds is 3. The van der Waals surface area contributed by atoms with Crippen molar-refractivity contribution in [2.45, 2.75) is 13.3 Å². The lowest BCUT2D eigenvalue weighted by Gasteiger charge is -2.10. The van der Waals surface area contributed by atoms with Gasteiger partial charge in [0.2, 0.25) is 0 Å². The van der Waals surface area contributed by atoms with Gasteiger partial charge in [-0.1, -0.05) is 15.9 Å². The number of benzene rings is 1. The molecule has 1 unspecified atom stereocenters. The number of carbonyl (C=O) groups is 1. The van der Waals surface area contributed by atoms with Crippen LogP contribution >= 0.6 is 27.7 Å². The van der Waals surface area contributed by atoms with Gasteiger partial charge in [0.25, 0.3) is 5.91 Å². The topological polar surface area (TPSA) is 29.1 Å². The van der Waals surface area contributed by atoms with Gasteiger partial charge in [0.1, 0.15) is 0 Å². The SMILES string of the molecule is Cc1cc(C(=O)NCC2CCSC2)ccc1Br. The quantitative estimate of drug-likeness (QED) is 0.928. The van der Waals surface area contributed by atoms with E-state index in [2.05, 4.69) is 21.2 Å². The summed E-state index contributed by atoms with van der Waals surface area (Å²) < 4.78 is 1.04. The first-order valence-corrected chi connectivity index (χ1v) is 7.73. The van der Waals surface area contributed by atoms with E-state index >= 15 is 0 Å². The molecule has 1 atom stereocenters. The van der Waals surface area contributed by atoms with Gasteiger partial charge in [-0.25, -0.2) is 0 Å². The molecule has 0 radical (unpaired) electrons. The number of hydrogen-bond donors (Lipinski definition) is 1. The first-order chi connectivity index (χ1) is 8.16. The number of hydrogen-bond acceptors (Lipinski definition) is 2. The molecule has 1 aliphatic rings. The minimum Gasteiger partial charge on any atom is -0.352 e. The van der Waals surface area contributed by atoms with E-state index in [1.165, 1.54) is 17.9 Å². The second kappa shape index (κ2) is 5.91. The molecule has 0 saturated carbocycles. The Balaban J connectivity index is 1.92. The smallest absolute Gasteiger partial charge is 0.251 e. The third kappa shape index (κ3) is 3.49. The Kier molecular flexibility index (Phi) is 4.51. The average molecular weight is 314 g/mol. The second-order valence-electron chi connectivity index (χ2n) is 4.40. The molecule has 1 aliphatic heterocycles. The monoisotopic (exact) mass is 313 g/mol. The summed E-state index contributed by atoms with van der Waals surface area (Å²) in [6.45, 7) is 2.80. The van der Waals surface area contributed by atoms with Gasteiger partial charge in [-0.05, 0) is 54.5 Å². The summed E-state index contributed by atoms with van der Waals surface area (Å²) in [5, 5.41) is 3.02. The van der Waals surface area contributed by atoms with Crippen LogP contribution in [0, 0.1) is 12.8 Å². The lowest BCUT2D eigenvalue weighted by molar-refractivity contribution is 0.0948. The molecule has 1 N–H and O–H groups in total. The van der Waals surface area contributed by atoms with Crippen molar-refractivity contribution < 1.29 is 4.79 Å². The lowest BCUT2D eigenvalue weighted by atomic mass is 10.1. The first-order valence-electron chi connectivity index (χ1n) is 5.79. The van der Waals surface area contributed by atoms with Crippen LogP contribution in [-0.2, 0) is 0 Å². The van der Waals surface area contributed by atoms with E-state index in [1.54, 1.807) is 0 Å². The maximum Gasteiger partial charge on any atom is 0.251 e. The summed E-state index contributed by atoms with van der Waals surface area (Å²) in [4.78, 5) is 11.9. The maximum atomic E-state index is 11.9. The number of halogens is 1. The van der Waals surface area contributed by atoms with Crippen LogP contribution in [0.25, 0.3) is 0 Å². The molecule has 0 aromatic heterocycles. The molecule has 4 heteroatoms. The van der Waals surface area contributed by atoms with Crippen LogP contribution in [0.5, 0.6) is 0 Å². The highest BCUT2D eigenvalue weighted by Crippen LogP contribution is 2.22. The van der Waals surface area contributed by atoms with Crippen LogP contribution in [0.1, 0.15) is 22.3 Å². The van der Waals surface area contributed by atoms with Gasteiger partial charge in [0.05, 0.1) is 0 Å². The Labute approximate surface area is 115 Å². The molecule has 2 nitrogen and oxygen atoms in total. The molecule has 1 aromatic rings. The molecule has 0 aliphatic carbocycles. The van der Waals surface area contributed by atoms with Crippen LogP contribution in [0.2, 0.25) is 0 Å². The third-order valence-corrected chi connectivity index (χ3v) is 5.12. The largest absolute Gasteiger partial charge is 0.352 e. The van der Waals surface area contributed by atoms with Gasteiger partial charge < -0.3 is 5.32 Å². The molecular weight excluding hydrogens is 298 g/mol. The number of amides is 1. The van der Waals surface area contributed by atoms with E-state index in [1.807, 2.05) is 36.9 Å². The van der Waals surface area contributed by atoms with Crippen molar-refractivity contribution in [3.63, 3.8) is 0 Å². The Hall–Kier alpha value is -0.480. The molecule has 0 bridgehead atoms. The van der Waals surface area contributed by atoms with E-state index in [4.69, 9.17) is 0 Å². The fourth-order valence-corrected chi connectivity index (χ4v) is 3.40. The van der Waals surface area contributed by atoms with E-state index in [-0.39, 0.29) is 5.91 Å². The standard InChI is InChI=1S/C13H16BrNOS/c1-9-6-11(2-3-12(9)14)13(16)15-7-10-4-5-17-8-10/h2-3,6,10H,4-5,7-8H2,1H3,(H,15,16). The van der Waals surface area contributed by atoms with Crippen molar-refractivity contribution in [1.29, 1.82) is 0 Å². The Bertz CT molecular complexity index is 416. The van der Waals surface area contributed by atoms with Crippen LogP contribution in [0.15, 0.2) is 22.7 Å². The van der Waals surface area contributed by atoms with Gasteiger partial charge >= 0.3 is 0 Å². The van der Waals surface area contributed by atoms with Crippen molar-refractivity contribution in [2.24, 2.45) is 5.92 Å². The van der Waals surface area contributed by atoms with Crippen molar-refractivity contribution in [3.05, 3.63) is 33.8 Å². The second-order valence-corrected chi connectivity index (χ2v) is 6.41. The molecule has 1 amide bonds. The zero-order valence-electron chi connectivity index (χ0n) is 9.83. The number of carbonyl (C=O) groups excluding carboxylic acids is 1. The zero-order chi connectivity index (χ0) is 12.3. The molecule has 0 spiro atoms. The highest BCUT2D eigenvalue weighted by molar-refractivity contribution is 9.10. The van der Waals surface area contributed by atoms with Gasteiger partial charge in [0.15, 0.2) is 0 Å². The molecule has 92 valence electrons. The van der Waals surface area contributed by atoms with Crippen molar-refractivity contribution >= 4 is 33.6 Å². The van der Waals surface area contributed by atoms with Crippen molar-refractivity contribution in [2.75, 3.05) is 18.1 Å². The third-order valence-electron chi connectivity index (χ3n) is 3.00. The van der Waals surface area contributed by atoms with Crippen LogP contribution in [0.4, 0.5) is 0 Å². The first kappa shape index (κ1) is 13.0. The molecule has 1 aromatic carbocycles. The van der Waals surface area contributed by atoms with E-state index < -0.39 is 0 Å². The van der Waals surface area contributed by atoms with Gasteiger partial charge in [0, 0.05) is 16.6 Å². The minimum atomic E-state index is 0.0394. The summed E-state index contributed by atoms with van der Waals surface area (Å²) in [6, 6.07) is 5.70. The molecule has 1 saturated heterocycles. The Morgan fingerprint density at radius 3 is 3.06 bits per heavy atom. The molecular formula is C13H16BrNOS. The van der Waals surface area contributed by atoms with E-state index in [9.17, 15) is 4.79 Å². The van der Waals surface area contributed by atoms with Gasteiger partial charge in [-0.2, -0.15) is 11.8 Å². The highest BCUT2D eigenvalue weighted by atomic mass is 79.9. The van der Waals surface area contributed by atoms with Crippen molar-refractivity contribution in [1.82, 2.24) is 5.32 Å². The molecule has 17 heavy (non-hydrogen) atoms. The van der Waals surface area contributed by atoms with E-state index in [0.29, 0.717) is 5.92 Å². The fourth-order valence-electron chi connectivity index (χ4n) is 1.87. The highest BCUT2D eigenvalue weighted by Gasteiger charge is 2.16. The van der Waals surface area contributed by atoms with Gasteiger partial charge in [-0.15, -0.1) is 0 Å². The van der Waals surface area contributed by atoms with E-state index in [0.717, 1.165) is 22.1 Å². The fraction of sp³-hybridized carbons (Fsp3) is 0.462. The van der Waals surface area contributed by atoms with Crippen molar-refractivity contribution in [3.8, 4) is 0 Å². The number of thioether (sulfide) groups is 1. The number of nitrogens with one attached hydrogen (secondary N) is 1. The van der Waals surface area contributed by atoms with Gasteiger partial charge in [-0.3, -0.25) is 4.79 Å². The molecule has 1 fully saturated rings. The molecule has 1 heterocycles. The lowest BCUT2D eigenvalue weighted by Crippen LogP contribution is -2.29. The maximum absolute atomic E-state index is 11.9. The summed E-state index contributed by atoms with van der Waals surface area (Å²) in [5.74, 6) is 3.11. The zero-order valence-corrected chi connectivity index (χ0v) is 12.2. The summed E-state index contributed by atoms with van der Waals surface area (Å²) >= 11 is 5.41. The van der Waals surface area contributed by atoms with Crippen LogP contribution in [-0.4, -0.2) is 24.0 Å². The summed E-state index contributed by atoms with van der Waals surface area (Å²) in [6.07, 6.45) is 1.23. The van der Waals surface area contributed by atoms with Crippen LogP contribution < -0.4 is 5.32 Å².